The Morgan fingerprint density at radius 3 is 2.75 bits per heavy atom. The van der Waals surface area contributed by atoms with E-state index in [0.717, 1.165) is 18.0 Å². The van der Waals surface area contributed by atoms with Crippen LogP contribution >= 0.6 is 11.8 Å². The summed E-state index contributed by atoms with van der Waals surface area (Å²) in [6, 6.07) is -0.00786. The summed E-state index contributed by atoms with van der Waals surface area (Å²) in [5.74, 6) is -0.203. The minimum Gasteiger partial charge on any atom is -0.333 e. The molecule has 2 rings (SSSR count). The number of nitrogens with zero attached hydrogens (tertiary/aromatic N) is 3. The normalized spacial score (nSPS) is 14.9. The van der Waals surface area contributed by atoms with E-state index in [9.17, 15) is 9.59 Å². The van der Waals surface area contributed by atoms with Crippen molar-refractivity contribution >= 4 is 23.7 Å². The second kappa shape index (κ2) is 5.82. The molecule has 1 aromatic rings. The summed E-state index contributed by atoms with van der Waals surface area (Å²) in [5.41, 5.74) is -0.371. The van der Waals surface area contributed by atoms with E-state index in [-0.39, 0.29) is 17.2 Å². The Bertz CT molecular complexity index is 504. The zero-order chi connectivity index (χ0) is 14.8. The first kappa shape index (κ1) is 14.8. The first-order valence-corrected chi connectivity index (χ1v) is 7.48. The maximum absolute atomic E-state index is 11.7. The highest BCUT2D eigenvalue weighted by molar-refractivity contribution is 7.99. The quantitative estimate of drug-likeness (QED) is 0.818. The molecule has 0 bridgehead atoms. The molecular weight excluding hydrogens is 278 g/mol. The van der Waals surface area contributed by atoms with Gasteiger partial charge >= 0.3 is 6.03 Å². The molecule has 1 aliphatic carbocycles. The molecule has 1 saturated carbocycles. The summed E-state index contributed by atoms with van der Waals surface area (Å²) in [5, 5.41) is 13.5. The standard InChI is InChI=1S/C12H19N5O2S/c1-12(2,3)15-10(19)14-9(18)6-20-11-16-13-7-17(11)8-4-5-8/h7-8H,4-6H2,1-3H3,(H2,14,15,18,19). The summed E-state index contributed by atoms with van der Waals surface area (Å²) in [7, 11) is 0. The van der Waals surface area contributed by atoms with Crippen molar-refractivity contribution in [2.24, 2.45) is 0 Å². The number of thioether (sulfide) groups is 1. The molecule has 0 aliphatic heterocycles. The molecule has 20 heavy (non-hydrogen) atoms. The van der Waals surface area contributed by atoms with Gasteiger partial charge in [-0.05, 0) is 33.6 Å². The van der Waals surface area contributed by atoms with Crippen molar-refractivity contribution in [2.75, 3.05) is 5.75 Å². The predicted octanol–water partition coefficient (Wildman–Crippen LogP) is 1.33. The molecule has 0 aromatic carbocycles. The maximum Gasteiger partial charge on any atom is 0.321 e. The van der Waals surface area contributed by atoms with Crippen LogP contribution in [0.25, 0.3) is 0 Å². The highest BCUT2D eigenvalue weighted by atomic mass is 32.2. The fraction of sp³-hybridized carbons (Fsp3) is 0.667. The molecule has 7 nitrogen and oxygen atoms in total. The molecule has 3 amide bonds. The highest BCUT2D eigenvalue weighted by Crippen LogP contribution is 2.37. The van der Waals surface area contributed by atoms with Crippen LogP contribution in [-0.2, 0) is 4.79 Å². The van der Waals surface area contributed by atoms with Crippen LogP contribution < -0.4 is 10.6 Å². The summed E-state index contributed by atoms with van der Waals surface area (Å²) in [6.45, 7) is 5.55. The van der Waals surface area contributed by atoms with Crippen molar-refractivity contribution in [1.29, 1.82) is 0 Å². The molecular formula is C12H19N5O2S. The number of aromatic nitrogens is 3. The second-order valence-electron chi connectivity index (χ2n) is 5.79. The predicted molar refractivity (Wildman–Crippen MR) is 75.4 cm³/mol. The van der Waals surface area contributed by atoms with E-state index >= 15 is 0 Å². The van der Waals surface area contributed by atoms with Gasteiger partial charge in [-0.25, -0.2) is 4.79 Å². The van der Waals surface area contributed by atoms with Gasteiger partial charge in [-0.3, -0.25) is 10.1 Å². The fourth-order valence-corrected chi connectivity index (χ4v) is 2.39. The number of urea groups is 1. The average molecular weight is 297 g/mol. The molecule has 0 spiro atoms. The van der Waals surface area contributed by atoms with Gasteiger partial charge in [0.25, 0.3) is 0 Å². The van der Waals surface area contributed by atoms with E-state index in [1.807, 2.05) is 25.3 Å². The van der Waals surface area contributed by atoms with Crippen LogP contribution in [0.3, 0.4) is 0 Å². The second-order valence-corrected chi connectivity index (χ2v) is 6.74. The third-order valence-corrected chi connectivity index (χ3v) is 3.51. The molecule has 0 unspecified atom stereocenters. The van der Waals surface area contributed by atoms with Crippen molar-refractivity contribution in [1.82, 2.24) is 25.4 Å². The van der Waals surface area contributed by atoms with Gasteiger partial charge in [-0.1, -0.05) is 11.8 Å². The molecule has 0 radical (unpaired) electrons. The largest absolute Gasteiger partial charge is 0.333 e. The van der Waals surface area contributed by atoms with Crippen LogP contribution in [0.2, 0.25) is 0 Å². The minimum absolute atomic E-state index is 0.142. The van der Waals surface area contributed by atoms with Crippen molar-refractivity contribution in [3.8, 4) is 0 Å². The molecule has 8 heteroatoms. The third kappa shape index (κ3) is 4.52. The fourth-order valence-electron chi connectivity index (χ4n) is 1.60. The topological polar surface area (TPSA) is 88.9 Å². The molecule has 0 atom stereocenters. The monoisotopic (exact) mass is 297 g/mol. The zero-order valence-electron chi connectivity index (χ0n) is 11.8. The van der Waals surface area contributed by atoms with E-state index in [1.165, 1.54) is 11.8 Å². The Balaban J connectivity index is 1.77. The lowest BCUT2D eigenvalue weighted by Gasteiger charge is -2.20. The van der Waals surface area contributed by atoms with E-state index in [2.05, 4.69) is 20.8 Å². The number of imide groups is 1. The van der Waals surface area contributed by atoms with Gasteiger partial charge in [0.15, 0.2) is 5.16 Å². The lowest BCUT2D eigenvalue weighted by molar-refractivity contribution is -0.117. The van der Waals surface area contributed by atoms with Crippen molar-refractivity contribution in [3.05, 3.63) is 6.33 Å². The van der Waals surface area contributed by atoms with Crippen molar-refractivity contribution in [3.63, 3.8) is 0 Å². The van der Waals surface area contributed by atoms with Gasteiger partial charge in [-0.2, -0.15) is 0 Å². The van der Waals surface area contributed by atoms with Gasteiger partial charge in [-0.15, -0.1) is 10.2 Å². The van der Waals surface area contributed by atoms with Crippen LogP contribution in [-0.4, -0.2) is 38.0 Å². The lowest BCUT2D eigenvalue weighted by atomic mass is 10.1. The SMILES string of the molecule is CC(C)(C)NC(=O)NC(=O)CSc1nncn1C1CC1. The highest BCUT2D eigenvalue weighted by Gasteiger charge is 2.26. The smallest absolute Gasteiger partial charge is 0.321 e. The summed E-state index contributed by atoms with van der Waals surface area (Å²) in [4.78, 5) is 23.2. The molecule has 1 heterocycles. The number of amides is 3. The van der Waals surface area contributed by atoms with Crippen LogP contribution in [0.15, 0.2) is 11.5 Å². The Hall–Kier alpha value is -1.57. The van der Waals surface area contributed by atoms with Gasteiger partial charge in [0.05, 0.1) is 5.75 Å². The number of nitrogens with one attached hydrogen (secondary N) is 2. The number of hydrogen-bond acceptors (Lipinski definition) is 5. The number of rotatable bonds is 4. The third-order valence-electron chi connectivity index (χ3n) is 2.55. The molecule has 110 valence electrons. The Morgan fingerprint density at radius 2 is 2.15 bits per heavy atom. The summed E-state index contributed by atoms with van der Waals surface area (Å²) in [6.07, 6.45) is 3.95. The zero-order valence-corrected chi connectivity index (χ0v) is 12.7. The van der Waals surface area contributed by atoms with Gasteiger partial charge < -0.3 is 9.88 Å². The number of carbonyl (C=O) groups is 2. The van der Waals surface area contributed by atoms with E-state index in [4.69, 9.17) is 0 Å². The Kier molecular flexibility index (Phi) is 4.32. The first-order chi connectivity index (χ1) is 9.35. The first-order valence-electron chi connectivity index (χ1n) is 6.49. The van der Waals surface area contributed by atoms with E-state index in [0.29, 0.717) is 6.04 Å². The summed E-state index contributed by atoms with van der Waals surface area (Å²) >= 11 is 1.29. The number of hydrogen-bond donors (Lipinski definition) is 2. The van der Waals surface area contributed by atoms with E-state index < -0.39 is 6.03 Å². The van der Waals surface area contributed by atoms with Crippen LogP contribution in [0, 0.1) is 0 Å². The molecule has 1 aliphatic rings. The molecule has 0 saturated heterocycles. The molecule has 2 N–H and O–H groups in total. The van der Waals surface area contributed by atoms with Gasteiger partial charge in [0.1, 0.15) is 6.33 Å². The van der Waals surface area contributed by atoms with Crippen molar-refractivity contribution in [2.45, 2.75) is 50.4 Å². The minimum atomic E-state index is -0.480. The number of carbonyl (C=O) groups excluding carboxylic acids is 2. The van der Waals surface area contributed by atoms with Gasteiger partial charge in [0.2, 0.25) is 5.91 Å². The average Bonchev–Trinajstić information content (AvgIpc) is 3.03. The Morgan fingerprint density at radius 1 is 1.45 bits per heavy atom. The Labute approximate surface area is 121 Å². The maximum atomic E-state index is 11.7. The van der Waals surface area contributed by atoms with Crippen LogP contribution in [0.1, 0.15) is 39.7 Å². The lowest BCUT2D eigenvalue weighted by Crippen LogP contribution is -2.48. The van der Waals surface area contributed by atoms with Crippen LogP contribution in [0.5, 0.6) is 0 Å². The molecule has 1 aromatic heterocycles. The summed E-state index contributed by atoms with van der Waals surface area (Å²) < 4.78 is 1.98. The van der Waals surface area contributed by atoms with Crippen molar-refractivity contribution < 1.29 is 9.59 Å². The molecule has 1 fully saturated rings. The van der Waals surface area contributed by atoms with E-state index in [1.54, 1.807) is 6.33 Å². The van der Waals surface area contributed by atoms with Gasteiger partial charge in [0, 0.05) is 11.6 Å². The van der Waals surface area contributed by atoms with Crippen LogP contribution in [0.4, 0.5) is 4.79 Å².